The van der Waals surface area contributed by atoms with Gasteiger partial charge in [0, 0.05) is 44.0 Å². The van der Waals surface area contributed by atoms with Crippen LogP contribution in [-0.2, 0) is 4.74 Å². The van der Waals surface area contributed by atoms with E-state index >= 15 is 0 Å². The van der Waals surface area contributed by atoms with Crippen LogP contribution in [0.2, 0.25) is 0 Å². The maximum Gasteiger partial charge on any atom is 0.170 e. The van der Waals surface area contributed by atoms with E-state index in [0.717, 1.165) is 29.5 Å². The van der Waals surface area contributed by atoms with Crippen molar-refractivity contribution in [2.24, 2.45) is 0 Å². The number of nitrogens with one attached hydrogen (secondary N) is 1. The molecule has 1 aliphatic rings. The van der Waals surface area contributed by atoms with E-state index in [2.05, 4.69) is 86.6 Å². The molecule has 1 saturated heterocycles. The Bertz CT molecular complexity index is 1220. The Balaban J connectivity index is 1.58. The minimum Gasteiger partial charge on any atom is -0.385 e. The highest BCUT2D eigenvalue weighted by Gasteiger charge is 2.40. The van der Waals surface area contributed by atoms with Crippen LogP contribution in [0.1, 0.15) is 29.9 Å². The normalized spacial score (nSPS) is 18.3. The Labute approximate surface area is 193 Å². The number of aromatic nitrogens is 2. The topological polar surface area (TPSA) is 42.3 Å². The zero-order chi connectivity index (χ0) is 21.9. The maximum atomic E-state index is 5.78. The Hall–Kier alpha value is -3.22. The van der Waals surface area contributed by atoms with Crippen molar-refractivity contribution in [3.05, 3.63) is 96.6 Å². The number of hydrogen-bond acceptors (Lipinski definition) is 3. The molecule has 3 heterocycles. The van der Waals surface area contributed by atoms with E-state index in [1.807, 2.05) is 18.3 Å². The molecular weight excluding hydrogens is 416 g/mol. The minimum atomic E-state index is -0.0275. The second-order valence-electron chi connectivity index (χ2n) is 8.00. The highest BCUT2D eigenvalue weighted by Crippen LogP contribution is 2.39. The molecule has 0 bridgehead atoms. The number of hydrogen-bond donors (Lipinski definition) is 1. The van der Waals surface area contributed by atoms with Crippen LogP contribution in [0.4, 0.5) is 0 Å². The van der Waals surface area contributed by atoms with Crippen molar-refractivity contribution in [3.8, 4) is 5.69 Å². The number of nitrogens with zero attached hydrogens (tertiary/aromatic N) is 3. The first-order valence-corrected chi connectivity index (χ1v) is 11.3. The molecule has 1 aliphatic heterocycles. The molecule has 6 heteroatoms. The van der Waals surface area contributed by atoms with Crippen molar-refractivity contribution in [2.75, 3.05) is 20.3 Å². The van der Waals surface area contributed by atoms with Crippen LogP contribution < -0.4 is 5.32 Å². The van der Waals surface area contributed by atoms with Gasteiger partial charge in [0.2, 0.25) is 0 Å². The first-order valence-electron chi connectivity index (χ1n) is 10.9. The van der Waals surface area contributed by atoms with E-state index in [1.165, 1.54) is 16.5 Å². The lowest BCUT2D eigenvalue weighted by Crippen LogP contribution is -2.32. The smallest absolute Gasteiger partial charge is 0.170 e. The van der Waals surface area contributed by atoms with Crippen molar-refractivity contribution in [1.29, 1.82) is 0 Å². The molecule has 0 aliphatic carbocycles. The molecule has 0 radical (unpaired) electrons. The molecule has 2 aromatic heterocycles. The van der Waals surface area contributed by atoms with Gasteiger partial charge < -0.3 is 19.5 Å². The molecule has 0 spiro atoms. The lowest BCUT2D eigenvalue weighted by molar-refractivity contribution is 0.180. The second kappa shape index (κ2) is 9.10. The molecule has 32 heavy (non-hydrogen) atoms. The summed E-state index contributed by atoms with van der Waals surface area (Å²) < 4.78 is 7.57. The lowest BCUT2D eigenvalue weighted by atomic mass is 10.0. The van der Waals surface area contributed by atoms with Crippen molar-refractivity contribution < 1.29 is 4.74 Å². The number of fused-ring (bicyclic) bond motifs is 1. The van der Waals surface area contributed by atoms with Crippen LogP contribution in [0.3, 0.4) is 0 Å². The largest absolute Gasteiger partial charge is 0.385 e. The van der Waals surface area contributed by atoms with Gasteiger partial charge in [-0.2, -0.15) is 0 Å². The third-order valence-corrected chi connectivity index (χ3v) is 6.39. The van der Waals surface area contributed by atoms with Gasteiger partial charge in [0.05, 0.1) is 17.8 Å². The average Bonchev–Trinajstić information content (AvgIpc) is 3.44. The van der Waals surface area contributed by atoms with Crippen molar-refractivity contribution in [3.63, 3.8) is 0 Å². The summed E-state index contributed by atoms with van der Waals surface area (Å²) in [5.74, 6) is 0. The highest BCUT2D eigenvalue weighted by atomic mass is 32.1. The van der Waals surface area contributed by atoms with Crippen LogP contribution in [0.25, 0.3) is 16.5 Å². The Kier molecular flexibility index (Phi) is 5.88. The summed E-state index contributed by atoms with van der Waals surface area (Å²) in [5.41, 5.74) is 3.30. The Morgan fingerprint density at radius 2 is 1.84 bits per heavy atom. The summed E-state index contributed by atoms with van der Waals surface area (Å²) in [5, 5.41) is 6.75. The van der Waals surface area contributed by atoms with Gasteiger partial charge in [0.1, 0.15) is 0 Å². The fourth-order valence-corrected chi connectivity index (χ4v) is 4.88. The number of ether oxygens (including phenoxy) is 1. The number of methoxy groups -OCH3 is 1. The van der Waals surface area contributed by atoms with Crippen molar-refractivity contribution >= 4 is 28.1 Å². The van der Waals surface area contributed by atoms with Crippen LogP contribution in [0.15, 0.2) is 85.2 Å². The molecule has 1 fully saturated rings. The number of rotatable bonds is 7. The summed E-state index contributed by atoms with van der Waals surface area (Å²) in [6.07, 6.45) is 4.87. The number of thiocarbonyl (C=S) groups is 1. The van der Waals surface area contributed by atoms with Crippen LogP contribution in [0.5, 0.6) is 0 Å². The van der Waals surface area contributed by atoms with Gasteiger partial charge in [-0.15, -0.1) is 0 Å². The predicted octanol–water partition coefficient (Wildman–Crippen LogP) is 5.03. The van der Waals surface area contributed by atoms with E-state index in [0.29, 0.717) is 6.61 Å². The predicted molar refractivity (Wildman–Crippen MR) is 132 cm³/mol. The first kappa shape index (κ1) is 20.7. The van der Waals surface area contributed by atoms with E-state index in [9.17, 15) is 0 Å². The standard InChI is InChI=1S/C26H26N4OS/c1-31-17-7-16-30-25(24(28-26(30)32)22-10-4-5-14-27-22)23-11-6-15-29(23)21-13-12-19-8-2-3-9-20(19)18-21/h2-6,8-15,18,24-25H,7,16-17H2,1H3,(H,28,32). The molecule has 1 N–H and O–H groups in total. The zero-order valence-electron chi connectivity index (χ0n) is 18.0. The van der Waals surface area contributed by atoms with Gasteiger partial charge in [-0.25, -0.2) is 0 Å². The third-order valence-electron chi connectivity index (χ3n) is 6.04. The van der Waals surface area contributed by atoms with Crippen LogP contribution in [-0.4, -0.2) is 39.8 Å². The highest BCUT2D eigenvalue weighted by molar-refractivity contribution is 7.80. The van der Waals surface area contributed by atoms with Gasteiger partial charge in [-0.05, 0) is 65.8 Å². The molecule has 2 aromatic carbocycles. The summed E-state index contributed by atoms with van der Waals surface area (Å²) in [6, 6.07) is 25.4. The van der Waals surface area contributed by atoms with Gasteiger partial charge in [-0.1, -0.05) is 36.4 Å². The molecule has 0 amide bonds. The second-order valence-corrected chi connectivity index (χ2v) is 8.39. The SMILES string of the molecule is COCCCN1C(=S)NC(c2ccccn2)C1c1cccn1-c1ccc2ccccc2c1. The van der Waals surface area contributed by atoms with Crippen LogP contribution in [0, 0.1) is 0 Å². The molecule has 0 saturated carbocycles. The Morgan fingerprint density at radius 3 is 2.66 bits per heavy atom. The molecule has 5 nitrogen and oxygen atoms in total. The van der Waals surface area contributed by atoms with Gasteiger partial charge >= 0.3 is 0 Å². The average molecular weight is 443 g/mol. The van der Waals surface area contributed by atoms with E-state index < -0.39 is 0 Å². The van der Waals surface area contributed by atoms with Gasteiger partial charge in [0.15, 0.2) is 5.11 Å². The molecule has 162 valence electrons. The van der Waals surface area contributed by atoms with E-state index in [1.54, 1.807) is 7.11 Å². The van der Waals surface area contributed by atoms with Gasteiger partial charge in [0.25, 0.3) is 0 Å². The van der Waals surface area contributed by atoms with Crippen molar-refractivity contribution in [1.82, 2.24) is 19.8 Å². The molecular formula is C26H26N4OS. The summed E-state index contributed by atoms with van der Waals surface area (Å²) >= 11 is 5.78. The number of benzene rings is 2. The quantitative estimate of drug-likeness (QED) is 0.321. The number of pyridine rings is 1. The monoisotopic (exact) mass is 442 g/mol. The lowest BCUT2D eigenvalue weighted by Gasteiger charge is -2.29. The van der Waals surface area contributed by atoms with E-state index in [-0.39, 0.29) is 12.1 Å². The minimum absolute atomic E-state index is 0.0238. The fraction of sp³-hybridized carbons (Fsp3) is 0.231. The van der Waals surface area contributed by atoms with Crippen LogP contribution >= 0.6 is 12.2 Å². The molecule has 2 unspecified atom stereocenters. The first-order chi connectivity index (χ1) is 15.8. The van der Waals surface area contributed by atoms with Gasteiger partial charge in [-0.3, -0.25) is 4.98 Å². The fourth-order valence-electron chi connectivity index (χ4n) is 4.54. The molecule has 4 aromatic rings. The Morgan fingerprint density at radius 1 is 1.00 bits per heavy atom. The summed E-state index contributed by atoms with van der Waals surface area (Å²) in [7, 11) is 1.74. The summed E-state index contributed by atoms with van der Waals surface area (Å²) in [4.78, 5) is 6.93. The third kappa shape index (κ3) is 3.87. The molecule has 2 atom stereocenters. The van der Waals surface area contributed by atoms with E-state index in [4.69, 9.17) is 17.0 Å². The van der Waals surface area contributed by atoms with Crippen molar-refractivity contribution in [2.45, 2.75) is 18.5 Å². The zero-order valence-corrected chi connectivity index (χ0v) is 18.8. The molecule has 5 rings (SSSR count). The summed E-state index contributed by atoms with van der Waals surface area (Å²) in [6.45, 7) is 1.52. The maximum absolute atomic E-state index is 5.78.